The summed E-state index contributed by atoms with van der Waals surface area (Å²) in [5, 5.41) is 9.27. The normalized spacial score (nSPS) is 14.2. The molecule has 5 aromatic carbocycles. The number of nitrogens with zero attached hydrogens (tertiary/aromatic N) is 1. The van der Waals surface area contributed by atoms with E-state index in [1.165, 1.54) is 0 Å². The topological polar surface area (TPSA) is 108 Å². The van der Waals surface area contributed by atoms with Crippen LogP contribution in [-0.4, -0.2) is 40.3 Å². The van der Waals surface area contributed by atoms with Gasteiger partial charge in [-0.05, 0) is 75.3 Å². The Balaban J connectivity index is 1.04. The second-order valence-electron chi connectivity index (χ2n) is 11.3. The molecule has 1 aliphatic rings. The molecule has 1 atom stereocenters. The summed E-state index contributed by atoms with van der Waals surface area (Å²) in [5.74, 6) is -0.225. The fraction of sp³-hybridized carbons (Fsp3) is 0.135. The molecule has 1 heterocycles. The van der Waals surface area contributed by atoms with Gasteiger partial charge in [-0.15, -0.1) is 0 Å². The van der Waals surface area contributed by atoms with Crippen LogP contribution < -0.4 is 16.0 Å². The number of benzene rings is 5. The summed E-state index contributed by atoms with van der Waals surface area (Å²) in [6, 6.07) is 36.7. The van der Waals surface area contributed by atoms with Crippen molar-refractivity contribution in [2.75, 3.05) is 17.7 Å². The van der Waals surface area contributed by atoms with E-state index in [4.69, 9.17) is 0 Å². The lowest BCUT2D eigenvalue weighted by molar-refractivity contribution is -0.129. The molecule has 1 saturated heterocycles. The number of likely N-dealkylation sites (N-methyl/N-ethyl adjacent to an activating group) is 1. The zero-order chi connectivity index (χ0) is 32.0. The predicted octanol–water partition coefficient (Wildman–Crippen LogP) is 7.25. The SMILES string of the molecule is CN(Cc1cccc(-c2ccc(CC3SC(=O)NC3=O)cc2)c1)C(=O)Cc1ccc2cc(NC(=O)Nc3ccccc3)ccc2c1. The molecule has 0 aliphatic carbocycles. The summed E-state index contributed by atoms with van der Waals surface area (Å²) in [4.78, 5) is 50.6. The van der Waals surface area contributed by atoms with Crippen molar-refractivity contribution < 1.29 is 19.2 Å². The lowest BCUT2D eigenvalue weighted by atomic mass is 10.00. The van der Waals surface area contributed by atoms with Gasteiger partial charge in [-0.3, -0.25) is 19.7 Å². The van der Waals surface area contributed by atoms with Crippen LogP contribution in [0.1, 0.15) is 16.7 Å². The molecule has 1 unspecified atom stereocenters. The van der Waals surface area contributed by atoms with E-state index >= 15 is 0 Å². The number of thioether (sulfide) groups is 1. The lowest BCUT2D eigenvalue weighted by Crippen LogP contribution is -2.27. The van der Waals surface area contributed by atoms with E-state index in [0.29, 0.717) is 24.3 Å². The van der Waals surface area contributed by atoms with Gasteiger partial charge in [0, 0.05) is 25.0 Å². The Morgan fingerprint density at radius 3 is 2.20 bits per heavy atom. The average Bonchev–Trinajstić information content (AvgIpc) is 3.37. The first-order chi connectivity index (χ1) is 22.3. The third-order valence-electron chi connectivity index (χ3n) is 7.80. The van der Waals surface area contributed by atoms with Crippen LogP contribution in [0.3, 0.4) is 0 Å². The monoisotopic (exact) mass is 628 g/mol. The number of hydrogen-bond donors (Lipinski definition) is 3. The molecule has 0 radical (unpaired) electrons. The number of rotatable bonds is 9. The molecule has 5 aromatic rings. The first-order valence-corrected chi connectivity index (χ1v) is 15.8. The van der Waals surface area contributed by atoms with Gasteiger partial charge in [0.15, 0.2) is 0 Å². The van der Waals surface area contributed by atoms with E-state index in [2.05, 4.69) is 22.0 Å². The van der Waals surface area contributed by atoms with Crippen molar-refractivity contribution in [2.24, 2.45) is 0 Å². The van der Waals surface area contributed by atoms with Crippen molar-refractivity contribution in [3.05, 3.63) is 132 Å². The number of fused-ring (bicyclic) bond motifs is 1. The Labute approximate surface area is 271 Å². The number of amides is 5. The highest BCUT2D eigenvalue weighted by Gasteiger charge is 2.31. The van der Waals surface area contributed by atoms with Crippen molar-refractivity contribution in [1.29, 1.82) is 0 Å². The maximum absolute atomic E-state index is 13.2. The first kappa shape index (κ1) is 30.6. The summed E-state index contributed by atoms with van der Waals surface area (Å²) in [5.41, 5.74) is 6.39. The summed E-state index contributed by atoms with van der Waals surface area (Å²) < 4.78 is 0. The van der Waals surface area contributed by atoms with Crippen LogP contribution in [0.15, 0.2) is 115 Å². The van der Waals surface area contributed by atoms with Gasteiger partial charge >= 0.3 is 6.03 Å². The lowest BCUT2D eigenvalue weighted by Gasteiger charge is -2.18. The van der Waals surface area contributed by atoms with Crippen molar-refractivity contribution in [3.8, 4) is 11.1 Å². The van der Waals surface area contributed by atoms with Gasteiger partial charge < -0.3 is 15.5 Å². The smallest absolute Gasteiger partial charge is 0.323 e. The van der Waals surface area contributed by atoms with Crippen LogP contribution >= 0.6 is 11.8 Å². The highest BCUT2D eigenvalue weighted by atomic mass is 32.2. The molecule has 1 fully saturated rings. The average molecular weight is 629 g/mol. The number of urea groups is 1. The highest BCUT2D eigenvalue weighted by Crippen LogP contribution is 2.26. The van der Waals surface area contributed by atoms with E-state index in [-0.39, 0.29) is 34.8 Å². The third kappa shape index (κ3) is 7.62. The number of imide groups is 1. The van der Waals surface area contributed by atoms with Crippen LogP contribution in [0.25, 0.3) is 21.9 Å². The molecule has 9 heteroatoms. The van der Waals surface area contributed by atoms with Gasteiger partial charge in [-0.1, -0.05) is 96.7 Å². The molecule has 0 aromatic heterocycles. The van der Waals surface area contributed by atoms with Gasteiger partial charge in [0.05, 0.1) is 11.7 Å². The Morgan fingerprint density at radius 2 is 1.43 bits per heavy atom. The predicted molar refractivity (Wildman–Crippen MR) is 184 cm³/mol. The Kier molecular flexibility index (Phi) is 9.12. The Hall–Kier alpha value is -5.41. The van der Waals surface area contributed by atoms with E-state index in [1.807, 2.05) is 116 Å². The number of carbonyl (C=O) groups is 4. The van der Waals surface area contributed by atoms with Crippen molar-refractivity contribution >= 4 is 57.0 Å². The van der Waals surface area contributed by atoms with E-state index in [1.54, 1.807) is 4.90 Å². The van der Waals surface area contributed by atoms with E-state index in [9.17, 15) is 19.2 Å². The number of anilines is 2. The summed E-state index contributed by atoms with van der Waals surface area (Å²) >= 11 is 1.04. The van der Waals surface area contributed by atoms with Crippen LogP contribution in [0.5, 0.6) is 0 Å². The highest BCUT2D eigenvalue weighted by molar-refractivity contribution is 8.15. The molecule has 0 spiro atoms. The van der Waals surface area contributed by atoms with Crippen LogP contribution in [0, 0.1) is 0 Å². The first-order valence-electron chi connectivity index (χ1n) is 14.9. The van der Waals surface area contributed by atoms with Crippen LogP contribution in [-0.2, 0) is 29.0 Å². The van der Waals surface area contributed by atoms with E-state index < -0.39 is 0 Å². The Morgan fingerprint density at radius 1 is 0.717 bits per heavy atom. The van der Waals surface area contributed by atoms with Gasteiger partial charge in [0.2, 0.25) is 11.8 Å². The molecule has 230 valence electrons. The molecule has 1 aliphatic heterocycles. The fourth-order valence-electron chi connectivity index (χ4n) is 5.39. The van der Waals surface area contributed by atoms with Gasteiger partial charge in [0.25, 0.3) is 5.24 Å². The molecule has 3 N–H and O–H groups in total. The zero-order valence-corrected chi connectivity index (χ0v) is 26.0. The standard InChI is InChI=1S/C37H32N4O4S/c1-41(23-26-6-5-7-28(19-26)27-13-10-24(11-14-27)20-33-35(43)40-37(45)46-33)34(42)21-25-12-15-30-22-32(17-16-29(30)18-25)39-36(44)38-31-8-3-2-4-9-31/h2-19,22,33H,20-21,23H2,1H3,(H2,38,39,44)(H,40,43,45). The largest absolute Gasteiger partial charge is 0.341 e. The number of carbonyl (C=O) groups excluding carboxylic acids is 4. The van der Waals surface area contributed by atoms with Crippen molar-refractivity contribution in [2.45, 2.75) is 24.6 Å². The number of hydrogen-bond acceptors (Lipinski definition) is 5. The zero-order valence-electron chi connectivity index (χ0n) is 25.2. The number of nitrogens with one attached hydrogen (secondary N) is 3. The second-order valence-corrected chi connectivity index (χ2v) is 12.4. The number of para-hydroxylation sites is 1. The van der Waals surface area contributed by atoms with Crippen molar-refractivity contribution in [1.82, 2.24) is 10.2 Å². The fourth-order valence-corrected chi connectivity index (χ4v) is 6.25. The molecule has 0 saturated carbocycles. The quantitative estimate of drug-likeness (QED) is 0.159. The summed E-state index contributed by atoms with van der Waals surface area (Å²) in [7, 11) is 1.81. The second kappa shape index (κ2) is 13.7. The minimum atomic E-state index is -0.389. The van der Waals surface area contributed by atoms with Gasteiger partial charge in [-0.2, -0.15) is 0 Å². The molecular formula is C37H32N4O4S. The molecule has 6 rings (SSSR count). The Bertz CT molecular complexity index is 1930. The molecule has 5 amide bonds. The minimum Gasteiger partial charge on any atom is -0.341 e. The van der Waals surface area contributed by atoms with Crippen LogP contribution in [0.4, 0.5) is 21.0 Å². The van der Waals surface area contributed by atoms with Crippen LogP contribution in [0.2, 0.25) is 0 Å². The maximum atomic E-state index is 13.2. The summed E-state index contributed by atoms with van der Waals surface area (Å²) in [6.45, 7) is 0.473. The van der Waals surface area contributed by atoms with Crippen molar-refractivity contribution in [3.63, 3.8) is 0 Å². The molecule has 0 bridgehead atoms. The molecule has 8 nitrogen and oxygen atoms in total. The van der Waals surface area contributed by atoms with E-state index in [0.717, 1.165) is 50.4 Å². The summed E-state index contributed by atoms with van der Waals surface area (Å²) in [6.07, 6.45) is 0.773. The minimum absolute atomic E-state index is 0.0114. The molecular weight excluding hydrogens is 596 g/mol. The van der Waals surface area contributed by atoms with Gasteiger partial charge in [0.1, 0.15) is 0 Å². The van der Waals surface area contributed by atoms with Gasteiger partial charge in [-0.25, -0.2) is 4.79 Å². The third-order valence-corrected chi connectivity index (χ3v) is 8.78. The molecule has 46 heavy (non-hydrogen) atoms. The maximum Gasteiger partial charge on any atom is 0.323 e.